The number of carbonyl (C=O) groups is 4. The third-order valence-corrected chi connectivity index (χ3v) is 6.07. The Bertz CT molecular complexity index is 1100. The number of methoxy groups -OCH3 is 1. The van der Waals surface area contributed by atoms with Crippen molar-refractivity contribution in [3.8, 4) is 0 Å². The molecule has 0 saturated carbocycles. The lowest BCUT2D eigenvalue weighted by atomic mass is 10.0. The van der Waals surface area contributed by atoms with Gasteiger partial charge in [-0.25, -0.2) is 0 Å². The topological polar surface area (TPSA) is 87.2 Å². The average Bonchev–Trinajstić information content (AvgIpc) is 3.07. The van der Waals surface area contributed by atoms with E-state index in [-0.39, 0.29) is 35.7 Å². The molecule has 2 aliphatic heterocycles. The fraction of sp³-hybridized carbons (Fsp3) is 0.360. The number of amides is 4. The predicted octanol–water partition coefficient (Wildman–Crippen LogP) is 2.23. The minimum absolute atomic E-state index is 0.0407. The van der Waals surface area contributed by atoms with Crippen LogP contribution in [0.3, 0.4) is 0 Å². The molecule has 0 radical (unpaired) electrons. The van der Waals surface area contributed by atoms with Gasteiger partial charge in [-0.1, -0.05) is 17.7 Å². The highest BCUT2D eigenvalue weighted by Gasteiger charge is 2.36. The van der Waals surface area contributed by atoms with Gasteiger partial charge in [0.25, 0.3) is 23.6 Å². The molecule has 2 aliphatic rings. The van der Waals surface area contributed by atoms with Crippen LogP contribution in [0.5, 0.6) is 0 Å². The van der Waals surface area contributed by atoms with Crippen molar-refractivity contribution in [3.63, 3.8) is 0 Å². The van der Waals surface area contributed by atoms with Crippen LogP contribution >= 0.6 is 0 Å². The van der Waals surface area contributed by atoms with E-state index in [1.54, 1.807) is 35.1 Å². The SMILES string of the molecule is COCCCN1C(=O)c2ccc(C(=O)N3CCN(C(=O)c4cccc(C)c4)CC3)cc2C1=O. The first-order valence-corrected chi connectivity index (χ1v) is 11.0. The van der Waals surface area contributed by atoms with Crippen LogP contribution in [0.15, 0.2) is 42.5 Å². The quantitative estimate of drug-likeness (QED) is 0.499. The maximum Gasteiger partial charge on any atom is 0.261 e. The summed E-state index contributed by atoms with van der Waals surface area (Å²) in [5, 5.41) is 0. The van der Waals surface area contributed by atoms with Crippen molar-refractivity contribution < 1.29 is 23.9 Å². The summed E-state index contributed by atoms with van der Waals surface area (Å²) in [5.74, 6) is -0.970. The Kier molecular flexibility index (Phi) is 6.55. The van der Waals surface area contributed by atoms with E-state index in [9.17, 15) is 19.2 Å². The summed E-state index contributed by atoms with van der Waals surface area (Å²) >= 11 is 0. The lowest BCUT2D eigenvalue weighted by Crippen LogP contribution is -2.50. The molecule has 0 bridgehead atoms. The van der Waals surface area contributed by atoms with Crippen molar-refractivity contribution in [2.24, 2.45) is 0 Å². The molecule has 4 amide bonds. The molecule has 2 aromatic carbocycles. The van der Waals surface area contributed by atoms with Crippen molar-refractivity contribution in [2.75, 3.05) is 46.4 Å². The Morgan fingerprint density at radius 3 is 2.06 bits per heavy atom. The smallest absolute Gasteiger partial charge is 0.261 e. The molecule has 8 heteroatoms. The molecule has 0 unspecified atom stereocenters. The number of nitrogens with zero attached hydrogens (tertiary/aromatic N) is 3. The molecule has 0 aromatic heterocycles. The summed E-state index contributed by atoms with van der Waals surface area (Å²) in [5.41, 5.74) is 2.62. The van der Waals surface area contributed by atoms with E-state index < -0.39 is 0 Å². The molecule has 0 spiro atoms. The zero-order valence-corrected chi connectivity index (χ0v) is 18.9. The Morgan fingerprint density at radius 2 is 1.45 bits per heavy atom. The molecule has 172 valence electrons. The number of rotatable bonds is 6. The number of carbonyl (C=O) groups excluding carboxylic acids is 4. The second kappa shape index (κ2) is 9.54. The molecule has 2 heterocycles. The van der Waals surface area contributed by atoms with Gasteiger partial charge in [0, 0.05) is 57.6 Å². The molecular formula is C25H27N3O5. The average molecular weight is 450 g/mol. The fourth-order valence-corrected chi connectivity index (χ4v) is 4.25. The summed E-state index contributed by atoms with van der Waals surface area (Å²) in [6.07, 6.45) is 0.555. The van der Waals surface area contributed by atoms with Gasteiger partial charge in [0.15, 0.2) is 0 Å². The summed E-state index contributed by atoms with van der Waals surface area (Å²) in [6, 6.07) is 12.1. The van der Waals surface area contributed by atoms with Crippen molar-refractivity contribution in [3.05, 3.63) is 70.3 Å². The normalized spacial score (nSPS) is 15.8. The maximum absolute atomic E-state index is 13.1. The molecule has 8 nitrogen and oxygen atoms in total. The Balaban J connectivity index is 1.41. The van der Waals surface area contributed by atoms with Gasteiger partial charge >= 0.3 is 0 Å². The van der Waals surface area contributed by atoms with Gasteiger partial charge in [-0.3, -0.25) is 24.1 Å². The molecular weight excluding hydrogens is 422 g/mol. The molecule has 0 aliphatic carbocycles. The van der Waals surface area contributed by atoms with E-state index in [0.29, 0.717) is 55.9 Å². The molecule has 2 aromatic rings. The monoisotopic (exact) mass is 449 g/mol. The second-order valence-electron chi connectivity index (χ2n) is 8.32. The van der Waals surface area contributed by atoms with Crippen LogP contribution in [-0.4, -0.2) is 84.8 Å². The summed E-state index contributed by atoms with van der Waals surface area (Å²) in [7, 11) is 1.57. The summed E-state index contributed by atoms with van der Waals surface area (Å²) in [4.78, 5) is 55.7. The van der Waals surface area contributed by atoms with Crippen molar-refractivity contribution in [1.82, 2.24) is 14.7 Å². The Hall–Kier alpha value is -3.52. The zero-order valence-electron chi connectivity index (χ0n) is 18.9. The number of hydrogen-bond donors (Lipinski definition) is 0. The van der Waals surface area contributed by atoms with Crippen LogP contribution in [0.25, 0.3) is 0 Å². The lowest BCUT2D eigenvalue weighted by molar-refractivity contribution is 0.0535. The largest absolute Gasteiger partial charge is 0.385 e. The predicted molar refractivity (Wildman–Crippen MR) is 121 cm³/mol. The van der Waals surface area contributed by atoms with Gasteiger partial charge in [-0.15, -0.1) is 0 Å². The number of ether oxygens (including phenoxy) is 1. The van der Waals surface area contributed by atoms with Crippen LogP contribution in [0, 0.1) is 6.92 Å². The van der Waals surface area contributed by atoms with E-state index in [1.807, 2.05) is 25.1 Å². The minimum Gasteiger partial charge on any atom is -0.385 e. The van der Waals surface area contributed by atoms with E-state index in [1.165, 1.54) is 11.0 Å². The summed E-state index contributed by atoms with van der Waals surface area (Å²) in [6.45, 7) is 4.37. The number of aryl methyl sites for hydroxylation is 1. The minimum atomic E-state index is -0.380. The van der Waals surface area contributed by atoms with E-state index in [4.69, 9.17) is 4.74 Å². The van der Waals surface area contributed by atoms with Crippen LogP contribution < -0.4 is 0 Å². The zero-order chi connectivity index (χ0) is 23.5. The Labute approximate surface area is 192 Å². The van der Waals surface area contributed by atoms with E-state index >= 15 is 0 Å². The van der Waals surface area contributed by atoms with Gasteiger partial charge in [-0.2, -0.15) is 0 Å². The first-order chi connectivity index (χ1) is 15.9. The van der Waals surface area contributed by atoms with Gasteiger partial charge in [0.2, 0.25) is 0 Å². The number of benzene rings is 2. The molecule has 1 saturated heterocycles. The van der Waals surface area contributed by atoms with Gasteiger partial charge in [0.1, 0.15) is 0 Å². The van der Waals surface area contributed by atoms with Crippen molar-refractivity contribution in [1.29, 1.82) is 0 Å². The van der Waals surface area contributed by atoms with Gasteiger partial charge in [0.05, 0.1) is 11.1 Å². The van der Waals surface area contributed by atoms with Crippen molar-refractivity contribution >= 4 is 23.6 Å². The number of fused-ring (bicyclic) bond motifs is 1. The first kappa shape index (κ1) is 22.7. The van der Waals surface area contributed by atoms with E-state index in [0.717, 1.165) is 5.56 Å². The highest BCUT2D eigenvalue weighted by molar-refractivity contribution is 6.22. The number of piperazine rings is 1. The van der Waals surface area contributed by atoms with Gasteiger partial charge < -0.3 is 14.5 Å². The molecule has 4 rings (SSSR count). The fourth-order valence-electron chi connectivity index (χ4n) is 4.25. The lowest BCUT2D eigenvalue weighted by Gasteiger charge is -2.35. The van der Waals surface area contributed by atoms with Gasteiger partial charge in [-0.05, 0) is 43.7 Å². The summed E-state index contributed by atoms with van der Waals surface area (Å²) < 4.78 is 5.00. The second-order valence-corrected chi connectivity index (χ2v) is 8.32. The van der Waals surface area contributed by atoms with Crippen LogP contribution in [0.1, 0.15) is 53.4 Å². The maximum atomic E-state index is 13.1. The highest BCUT2D eigenvalue weighted by atomic mass is 16.5. The third kappa shape index (κ3) is 4.52. The van der Waals surface area contributed by atoms with E-state index in [2.05, 4.69) is 0 Å². The molecule has 0 atom stereocenters. The highest BCUT2D eigenvalue weighted by Crippen LogP contribution is 2.25. The number of imide groups is 1. The first-order valence-electron chi connectivity index (χ1n) is 11.0. The van der Waals surface area contributed by atoms with Crippen LogP contribution in [0.4, 0.5) is 0 Å². The third-order valence-electron chi connectivity index (χ3n) is 6.07. The molecule has 0 N–H and O–H groups in total. The molecule has 1 fully saturated rings. The number of hydrogen-bond acceptors (Lipinski definition) is 5. The standard InChI is InChI=1S/C25H27N3O5/c1-17-5-3-6-18(15-17)22(29)26-10-12-27(13-11-26)23(30)19-7-8-20-21(16-19)25(32)28(24(20)31)9-4-14-33-2/h3,5-8,15-16H,4,9-14H2,1-2H3. The van der Waals surface area contributed by atoms with Crippen LogP contribution in [0.2, 0.25) is 0 Å². The van der Waals surface area contributed by atoms with Crippen molar-refractivity contribution in [2.45, 2.75) is 13.3 Å². The van der Waals surface area contributed by atoms with Crippen LogP contribution in [-0.2, 0) is 4.74 Å². The Morgan fingerprint density at radius 1 is 0.848 bits per heavy atom. The molecule has 33 heavy (non-hydrogen) atoms.